The molecule has 262 valence electrons. The fourth-order valence-electron chi connectivity index (χ4n) is 7.81. The summed E-state index contributed by atoms with van der Waals surface area (Å²) >= 11 is 1.79. The molecule has 0 saturated heterocycles. The molecule has 0 fully saturated rings. The summed E-state index contributed by atoms with van der Waals surface area (Å²) in [6.45, 7) is 0. The Morgan fingerprint density at radius 2 is 0.875 bits per heavy atom. The molecule has 0 aliphatic heterocycles. The topological polar surface area (TPSA) is 51.8 Å². The summed E-state index contributed by atoms with van der Waals surface area (Å²) in [5, 5.41) is 4.64. The maximum absolute atomic E-state index is 6.35. The minimum Gasteiger partial charge on any atom is -0.455 e. The van der Waals surface area contributed by atoms with Crippen LogP contribution < -0.4 is 0 Å². The van der Waals surface area contributed by atoms with Gasteiger partial charge >= 0.3 is 0 Å². The molecule has 0 spiro atoms. The predicted octanol–water partition coefficient (Wildman–Crippen LogP) is 14.1. The van der Waals surface area contributed by atoms with Gasteiger partial charge in [-0.15, -0.1) is 11.3 Å². The Bertz CT molecular complexity index is 3240. The smallest absolute Gasteiger partial charge is 0.164 e. The van der Waals surface area contributed by atoms with Crippen LogP contribution in [0.1, 0.15) is 0 Å². The summed E-state index contributed by atoms with van der Waals surface area (Å²) in [5.41, 5.74) is 11.3. The van der Waals surface area contributed by atoms with Crippen molar-refractivity contribution in [2.75, 3.05) is 0 Å². The highest BCUT2D eigenvalue weighted by molar-refractivity contribution is 7.25. The van der Waals surface area contributed by atoms with Gasteiger partial charge in [0, 0.05) is 53.2 Å². The zero-order valence-electron chi connectivity index (χ0n) is 30.1. The molecule has 8 aromatic carbocycles. The van der Waals surface area contributed by atoms with E-state index in [2.05, 4.69) is 170 Å². The normalized spacial score (nSPS) is 11.6. The van der Waals surface area contributed by atoms with E-state index in [1.54, 1.807) is 11.3 Å². The SMILES string of the molecule is c1ccc(-c2ccc(-c3nc(-c4cccc(-c5ccc(-c6cccc7c6oc6ccccc67)cc5)c4)nc(-c4cccc5sc6ccccc6c45)n3)cc2)cc1. The van der Waals surface area contributed by atoms with E-state index in [0.717, 1.165) is 66.4 Å². The fourth-order valence-corrected chi connectivity index (χ4v) is 8.94. The van der Waals surface area contributed by atoms with Gasteiger partial charge in [0.1, 0.15) is 11.2 Å². The van der Waals surface area contributed by atoms with E-state index in [1.807, 2.05) is 18.2 Å². The van der Waals surface area contributed by atoms with Gasteiger partial charge in [0.05, 0.1) is 0 Å². The lowest BCUT2D eigenvalue weighted by molar-refractivity contribution is 0.670. The van der Waals surface area contributed by atoms with Crippen LogP contribution in [0.25, 0.3) is 110 Å². The molecule has 11 rings (SSSR count). The molecule has 0 bridgehead atoms. The molecule has 5 heteroatoms. The number of para-hydroxylation sites is 2. The molecular weight excluding hydrogens is 703 g/mol. The number of fused-ring (bicyclic) bond motifs is 6. The highest BCUT2D eigenvalue weighted by Gasteiger charge is 2.18. The van der Waals surface area contributed by atoms with E-state index in [4.69, 9.17) is 19.4 Å². The van der Waals surface area contributed by atoms with Crippen LogP contribution in [0.5, 0.6) is 0 Å². The number of nitrogens with zero attached hydrogens (tertiary/aromatic N) is 3. The zero-order valence-corrected chi connectivity index (χ0v) is 30.9. The second-order valence-electron chi connectivity index (χ2n) is 14.0. The van der Waals surface area contributed by atoms with Crippen LogP contribution >= 0.6 is 11.3 Å². The van der Waals surface area contributed by atoms with Crippen molar-refractivity contribution >= 4 is 53.4 Å². The molecular formula is C51H31N3OS. The van der Waals surface area contributed by atoms with E-state index in [9.17, 15) is 0 Å². The van der Waals surface area contributed by atoms with Crippen molar-refractivity contribution in [1.29, 1.82) is 0 Å². The monoisotopic (exact) mass is 733 g/mol. The van der Waals surface area contributed by atoms with E-state index in [-0.39, 0.29) is 0 Å². The highest BCUT2D eigenvalue weighted by Crippen LogP contribution is 2.40. The molecule has 0 radical (unpaired) electrons. The van der Waals surface area contributed by atoms with Gasteiger partial charge in [0.15, 0.2) is 17.5 Å². The number of hydrogen-bond acceptors (Lipinski definition) is 5. The minimum atomic E-state index is 0.628. The first-order valence-corrected chi connectivity index (χ1v) is 19.5. The number of aromatic nitrogens is 3. The zero-order chi connectivity index (χ0) is 37.0. The second-order valence-corrected chi connectivity index (χ2v) is 15.0. The van der Waals surface area contributed by atoms with E-state index < -0.39 is 0 Å². The van der Waals surface area contributed by atoms with E-state index in [0.29, 0.717) is 17.5 Å². The van der Waals surface area contributed by atoms with Crippen LogP contribution in [-0.2, 0) is 0 Å². The summed E-state index contributed by atoms with van der Waals surface area (Å²) < 4.78 is 8.80. The third kappa shape index (κ3) is 5.56. The lowest BCUT2D eigenvalue weighted by Crippen LogP contribution is -2.00. The molecule has 0 N–H and O–H groups in total. The lowest BCUT2D eigenvalue weighted by Gasteiger charge is -2.11. The summed E-state index contributed by atoms with van der Waals surface area (Å²) in [7, 11) is 0. The minimum absolute atomic E-state index is 0.628. The summed E-state index contributed by atoms with van der Waals surface area (Å²) in [6, 6.07) is 65.7. The number of furan rings is 1. The van der Waals surface area contributed by atoms with Gasteiger partial charge in [-0.2, -0.15) is 0 Å². The summed E-state index contributed by atoms with van der Waals surface area (Å²) in [5.74, 6) is 1.92. The number of benzene rings is 8. The first-order valence-electron chi connectivity index (χ1n) is 18.7. The third-order valence-corrected chi connectivity index (χ3v) is 11.7. The van der Waals surface area contributed by atoms with Gasteiger partial charge < -0.3 is 4.42 Å². The largest absolute Gasteiger partial charge is 0.455 e. The molecule has 0 saturated carbocycles. The maximum Gasteiger partial charge on any atom is 0.164 e. The number of hydrogen-bond donors (Lipinski definition) is 0. The molecule has 56 heavy (non-hydrogen) atoms. The van der Waals surface area contributed by atoms with E-state index in [1.165, 1.54) is 25.7 Å². The quantitative estimate of drug-likeness (QED) is 0.171. The Labute approximate surface area is 327 Å². The van der Waals surface area contributed by atoms with Crippen molar-refractivity contribution < 1.29 is 4.42 Å². The van der Waals surface area contributed by atoms with Crippen molar-refractivity contribution in [3.05, 3.63) is 188 Å². The molecule has 11 aromatic rings. The van der Waals surface area contributed by atoms with Crippen molar-refractivity contribution in [1.82, 2.24) is 15.0 Å². The highest BCUT2D eigenvalue weighted by atomic mass is 32.1. The summed E-state index contributed by atoms with van der Waals surface area (Å²) in [4.78, 5) is 15.5. The Kier molecular flexibility index (Phi) is 7.64. The van der Waals surface area contributed by atoms with E-state index >= 15 is 0 Å². The van der Waals surface area contributed by atoms with Gasteiger partial charge in [-0.05, 0) is 52.1 Å². The van der Waals surface area contributed by atoms with Gasteiger partial charge in [-0.1, -0.05) is 164 Å². The van der Waals surface area contributed by atoms with Crippen molar-refractivity contribution in [3.8, 4) is 67.5 Å². The van der Waals surface area contributed by atoms with Gasteiger partial charge in [0.25, 0.3) is 0 Å². The van der Waals surface area contributed by atoms with Crippen molar-refractivity contribution in [2.45, 2.75) is 0 Å². The molecule has 3 heterocycles. The maximum atomic E-state index is 6.35. The predicted molar refractivity (Wildman–Crippen MR) is 233 cm³/mol. The van der Waals surface area contributed by atoms with Crippen LogP contribution in [0.4, 0.5) is 0 Å². The average Bonchev–Trinajstić information content (AvgIpc) is 3.86. The third-order valence-electron chi connectivity index (χ3n) is 10.6. The van der Waals surface area contributed by atoms with Gasteiger partial charge in [-0.25, -0.2) is 15.0 Å². The fraction of sp³-hybridized carbons (Fsp3) is 0. The number of thiophene rings is 1. The molecule has 0 unspecified atom stereocenters. The van der Waals surface area contributed by atoms with Crippen LogP contribution in [0.2, 0.25) is 0 Å². The van der Waals surface area contributed by atoms with Crippen molar-refractivity contribution in [3.63, 3.8) is 0 Å². The van der Waals surface area contributed by atoms with Gasteiger partial charge in [0.2, 0.25) is 0 Å². The first-order chi connectivity index (χ1) is 27.7. The first kappa shape index (κ1) is 32.2. The van der Waals surface area contributed by atoms with Crippen LogP contribution in [0, 0.1) is 0 Å². The molecule has 3 aromatic heterocycles. The van der Waals surface area contributed by atoms with Crippen LogP contribution in [-0.4, -0.2) is 15.0 Å². The van der Waals surface area contributed by atoms with Crippen molar-refractivity contribution in [2.24, 2.45) is 0 Å². The average molecular weight is 734 g/mol. The molecule has 4 nitrogen and oxygen atoms in total. The Morgan fingerprint density at radius 1 is 0.339 bits per heavy atom. The van der Waals surface area contributed by atoms with Gasteiger partial charge in [-0.3, -0.25) is 0 Å². The standard InChI is InChI=1S/C51H31N3OS/c1-2-11-32(12-3-1)33-25-29-36(30-26-33)49-52-50(54-51(53-49)43-19-10-22-46-47(43)42-16-5-7-21-45(42)56-46)38-14-8-13-37(31-38)34-23-27-35(28-24-34)39-17-9-18-41-40-15-4-6-20-44(40)55-48(39)41/h1-31H. The Hall–Kier alpha value is -7.21. The summed E-state index contributed by atoms with van der Waals surface area (Å²) in [6.07, 6.45) is 0. The number of rotatable bonds is 6. The van der Waals surface area contributed by atoms with Crippen LogP contribution in [0.3, 0.4) is 0 Å². The lowest BCUT2D eigenvalue weighted by atomic mass is 9.98. The Balaban J connectivity index is 1.01. The second kappa shape index (κ2) is 13.3. The molecule has 0 amide bonds. The molecule has 0 aliphatic carbocycles. The molecule has 0 aliphatic rings. The molecule has 0 atom stereocenters. The van der Waals surface area contributed by atoms with Crippen LogP contribution in [0.15, 0.2) is 192 Å². The Morgan fingerprint density at radius 3 is 1.71 bits per heavy atom.